The minimum Gasteiger partial charge on any atom is -0.480 e. The summed E-state index contributed by atoms with van der Waals surface area (Å²) in [6.45, 7) is 8.47. The van der Waals surface area contributed by atoms with Gasteiger partial charge in [-0.2, -0.15) is 0 Å². The molecule has 1 atom stereocenters. The summed E-state index contributed by atoms with van der Waals surface area (Å²) in [5.74, 6) is -1.27. The predicted octanol–water partition coefficient (Wildman–Crippen LogP) is 4.64. The quantitative estimate of drug-likeness (QED) is 0.368. The molecule has 3 heterocycles. The van der Waals surface area contributed by atoms with E-state index >= 15 is 0 Å². The molecule has 4 aromatic rings. The zero-order valence-electron chi connectivity index (χ0n) is 20.1. The van der Waals surface area contributed by atoms with Crippen LogP contribution in [0, 0.1) is 6.92 Å². The summed E-state index contributed by atoms with van der Waals surface area (Å²) < 4.78 is 8.52. The molecule has 184 valence electrons. The van der Waals surface area contributed by atoms with Crippen LogP contribution in [0.2, 0.25) is 0 Å². The summed E-state index contributed by atoms with van der Waals surface area (Å²) in [6.07, 6.45) is 1.08. The van der Waals surface area contributed by atoms with E-state index in [-0.39, 0.29) is 12.6 Å². The fraction of sp³-hybridized carbons (Fsp3) is 0.360. The molecule has 10 heteroatoms. The van der Waals surface area contributed by atoms with Crippen molar-refractivity contribution in [3.63, 3.8) is 0 Å². The highest BCUT2D eigenvalue weighted by Crippen LogP contribution is 2.38. The molecule has 0 fully saturated rings. The Kier molecular flexibility index (Phi) is 6.81. The van der Waals surface area contributed by atoms with Crippen molar-refractivity contribution in [2.75, 3.05) is 0 Å². The molecule has 4 rings (SSSR count). The van der Waals surface area contributed by atoms with Crippen LogP contribution in [0.15, 0.2) is 51.5 Å². The van der Waals surface area contributed by atoms with Gasteiger partial charge >= 0.3 is 11.7 Å². The molecule has 35 heavy (non-hydrogen) atoms. The maximum atomic E-state index is 13.8. The van der Waals surface area contributed by atoms with E-state index < -0.39 is 28.9 Å². The van der Waals surface area contributed by atoms with Crippen molar-refractivity contribution in [1.29, 1.82) is 0 Å². The number of rotatable bonds is 8. The first-order chi connectivity index (χ1) is 16.5. The van der Waals surface area contributed by atoms with E-state index in [1.165, 1.54) is 41.1 Å². The van der Waals surface area contributed by atoms with Gasteiger partial charge in [-0.25, -0.2) is 19.1 Å². The number of aryl methyl sites for hydroxylation is 1. The van der Waals surface area contributed by atoms with Crippen molar-refractivity contribution in [2.45, 2.75) is 58.9 Å². The summed E-state index contributed by atoms with van der Waals surface area (Å²) in [5.41, 5.74) is -1.50. The van der Waals surface area contributed by atoms with Gasteiger partial charge in [-0.3, -0.25) is 9.36 Å². The van der Waals surface area contributed by atoms with E-state index in [2.05, 4.69) is 4.98 Å². The third-order valence-corrected chi connectivity index (χ3v) is 8.12. The zero-order valence-corrected chi connectivity index (χ0v) is 21.8. The second kappa shape index (κ2) is 9.52. The van der Waals surface area contributed by atoms with Crippen molar-refractivity contribution >= 4 is 38.9 Å². The fourth-order valence-electron chi connectivity index (χ4n) is 4.02. The number of carboxylic acid groups (broad SMARTS) is 1. The van der Waals surface area contributed by atoms with E-state index in [0.717, 1.165) is 20.0 Å². The van der Waals surface area contributed by atoms with E-state index in [9.17, 15) is 19.5 Å². The first-order valence-electron chi connectivity index (χ1n) is 11.2. The number of thiazole rings is 1. The molecule has 0 aliphatic rings. The molecule has 0 saturated heterocycles. The minimum atomic E-state index is -1.75. The minimum absolute atomic E-state index is 0.116. The number of hydrogen-bond donors (Lipinski definition) is 1. The summed E-state index contributed by atoms with van der Waals surface area (Å²) in [4.78, 5) is 45.2. The van der Waals surface area contributed by atoms with Gasteiger partial charge in [0.05, 0.1) is 22.9 Å². The topological polar surface area (TPSA) is 103 Å². The van der Waals surface area contributed by atoms with Crippen LogP contribution in [0.4, 0.5) is 0 Å². The van der Waals surface area contributed by atoms with Gasteiger partial charge in [-0.05, 0) is 45.7 Å². The second-order valence-corrected chi connectivity index (χ2v) is 10.9. The first-order valence-corrected chi connectivity index (χ1v) is 12.9. The number of aromatic nitrogens is 3. The SMILES string of the molecule is Cc1c(-c2nccs2)sc2c1c(=O)n(C(C)(C)C(=O)O)c(=O)n2C[C@H](OC(C)C)c1ccccc1. The smallest absolute Gasteiger partial charge is 0.333 e. The third-order valence-electron chi connectivity index (χ3n) is 5.88. The summed E-state index contributed by atoms with van der Waals surface area (Å²) in [5, 5.41) is 12.8. The molecule has 0 saturated carbocycles. The maximum Gasteiger partial charge on any atom is 0.333 e. The Bertz CT molecular complexity index is 1480. The highest BCUT2D eigenvalue weighted by atomic mass is 32.1. The highest BCUT2D eigenvalue weighted by molar-refractivity contribution is 7.25. The highest BCUT2D eigenvalue weighted by Gasteiger charge is 2.36. The van der Waals surface area contributed by atoms with Crippen LogP contribution in [0.5, 0.6) is 0 Å². The molecule has 1 aromatic carbocycles. The van der Waals surface area contributed by atoms with Gasteiger partial charge in [-0.1, -0.05) is 30.3 Å². The Hall–Kier alpha value is -3.08. The van der Waals surface area contributed by atoms with Crippen LogP contribution in [-0.4, -0.2) is 31.3 Å². The van der Waals surface area contributed by atoms with Crippen LogP contribution in [-0.2, 0) is 21.6 Å². The molecule has 0 radical (unpaired) electrons. The van der Waals surface area contributed by atoms with Crippen molar-refractivity contribution in [3.8, 4) is 9.88 Å². The van der Waals surface area contributed by atoms with Gasteiger partial charge in [0, 0.05) is 11.6 Å². The lowest BCUT2D eigenvalue weighted by Crippen LogP contribution is -2.52. The normalized spacial score (nSPS) is 13.0. The lowest BCUT2D eigenvalue weighted by Gasteiger charge is -2.26. The molecule has 0 unspecified atom stereocenters. The molecule has 0 spiro atoms. The first kappa shape index (κ1) is 25.0. The number of benzene rings is 1. The number of ether oxygens (including phenoxy) is 1. The van der Waals surface area contributed by atoms with Gasteiger partial charge in [0.1, 0.15) is 21.5 Å². The Morgan fingerprint density at radius 3 is 2.46 bits per heavy atom. The molecule has 1 N–H and O–H groups in total. The van der Waals surface area contributed by atoms with Crippen molar-refractivity contribution in [3.05, 3.63) is 73.9 Å². The molecule has 3 aromatic heterocycles. The maximum absolute atomic E-state index is 13.8. The summed E-state index contributed by atoms with van der Waals surface area (Å²) in [7, 11) is 0. The monoisotopic (exact) mass is 513 g/mol. The standard InChI is InChI=1S/C25H27N3O5S2/c1-14(2)33-17(16-9-7-6-8-10-16)13-27-22-18(15(3)19(35-22)20-26-11-12-34-20)21(29)28(24(27)32)25(4,5)23(30)31/h6-12,14,17H,13H2,1-5H3,(H,30,31)/t17-/m0/s1. The average molecular weight is 514 g/mol. The van der Waals surface area contributed by atoms with Gasteiger partial charge in [0.2, 0.25) is 0 Å². The van der Waals surface area contributed by atoms with Crippen LogP contribution in [0.25, 0.3) is 20.1 Å². The molecule has 0 bridgehead atoms. The lowest BCUT2D eigenvalue weighted by molar-refractivity contribution is -0.146. The van der Waals surface area contributed by atoms with E-state index in [1.54, 1.807) is 6.20 Å². The van der Waals surface area contributed by atoms with E-state index in [0.29, 0.717) is 15.8 Å². The number of thiophene rings is 1. The predicted molar refractivity (Wildman–Crippen MR) is 139 cm³/mol. The van der Waals surface area contributed by atoms with Crippen LogP contribution < -0.4 is 11.2 Å². The summed E-state index contributed by atoms with van der Waals surface area (Å²) >= 11 is 2.75. The number of fused-ring (bicyclic) bond motifs is 1. The van der Waals surface area contributed by atoms with Crippen molar-refractivity contribution in [2.24, 2.45) is 0 Å². The molecule has 8 nitrogen and oxygen atoms in total. The number of nitrogens with zero attached hydrogens (tertiary/aromatic N) is 3. The lowest BCUT2D eigenvalue weighted by atomic mass is 10.1. The second-order valence-electron chi connectivity index (χ2n) is 9.06. The van der Waals surface area contributed by atoms with Crippen LogP contribution in [0.1, 0.15) is 44.9 Å². The average Bonchev–Trinajstić information content (AvgIpc) is 3.44. The third kappa shape index (κ3) is 4.49. The van der Waals surface area contributed by atoms with Gasteiger partial charge in [0.15, 0.2) is 0 Å². The molecule has 0 aliphatic carbocycles. The number of carboxylic acids is 1. The number of aliphatic carboxylic acids is 1. The Morgan fingerprint density at radius 2 is 1.89 bits per heavy atom. The van der Waals surface area contributed by atoms with Crippen molar-refractivity contribution < 1.29 is 14.6 Å². The van der Waals surface area contributed by atoms with Gasteiger partial charge < -0.3 is 9.84 Å². The van der Waals surface area contributed by atoms with Gasteiger partial charge in [-0.15, -0.1) is 22.7 Å². The Labute approximate surface area is 210 Å². The van der Waals surface area contributed by atoms with Crippen molar-refractivity contribution in [1.82, 2.24) is 14.1 Å². The Morgan fingerprint density at radius 1 is 1.20 bits per heavy atom. The van der Waals surface area contributed by atoms with E-state index in [4.69, 9.17) is 4.74 Å². The molecular formula is C25H27N3O5S2. The fourth-order valence-corrected chi connectivity index (χ4v) is 6.12. The van der Waals surface area contributed by atoms with Crippen LogP contribution in [0.3, 0.4) is 0 Å². The molecule has 0 aliphatic heterocycles. The van der Waals surface area contributed by atoms with Gasteiger partial charge in [0.25, 0.3) is 5.56 Å². The number of carbonyl (C=O) groups is 1. The van der Waals surface area contributed by atoms with E-state index in [1.807, 2.05) is 56.5 Å². The summed E-state index contributed by atoms with van der Waals surface area (Å²) in [6, 6.07) is 9.54. The largest absolute Gasteiger partial charge is 0.480 e. The number of hydrogen-bond acceptors (Lipinski definition) is 7. The van der Waals surface area contributed by atoms with Crippen LogP contribution >= 0.6 is 22.7 Å². The molecular weight excluding hydrogens is 486 g/mol. The zero-order chi connectivity index (χ0) is 25.5. The Balaban J connectivity index is 2.05. The molecule has 0 amide bonds.